The number of amides is 1. The molecule has 2 rings (SSSR count). The third-order valence-electron chi connectivity index (χ3n) is 3.12. The van der Waals surface area contributed by atoms with Crippen LogP contribution in [0.2, 0.25) is 0 Å². The van der Waals surface area contributed by atoms with E-state index in [4.69, 9.17) is 4.42 Å². The quantitative estimate of drug-likeness (QED) is 0.800. The number of benzene rings is 1. The van der Waals surface area contributed by atoms with E-state index in [-0.39, 0.29) is 23.6 Å². The Hall–Kier alpha value is -2.12. The first-order chi connectivity index (χ1) is 10.5. The van der Waals surface area contributed by atoms with Crippen molar-refractivity contribution in [3.05, 3.63) is 54.5 Å². The molecule has 0 saturated carbocycles. The Morgan fingerprint density at radius 1 is 1.23 bits per heavy atom. The molecule has 0 aliphatic heterocycles. The van der Waals surface area contributed by atoms with E-state index in [9.17, 15) is 18.3 Å². The monoisotopic (exact) mass is 323 g/mol. The minimum absolute atomic E-state index is 0.00372. The Bertz CT molecular complexity index is 695. The van der Waals surface area contributed by atoms with Gasteiger partial charge in [-0.25, -0.2) is 8.42 Å². The molecule has 6 nitrogen and oxygen atoms in total. The SMILES string of the molecule is O=C(CCS(=O)(=O)c1ccccc1)NC[C@H](O)c1ccoc1. The number of furan rings is 1. The number of carbonyl (C=O) groups is 1. The summed E-state index contributed by atoms with van der Waals surface area (Å²) in [6, 6.07) is 9.58. The summed E-state index contributed by atoms with van der Waals surface area (Å²) in [6.45, 7) is 0.00372. The van der Waals surface area contributed by atoms with Crippen molar-refractivity contribution >= 4 is 15.7 Å². The van der Waals surface area contributed by atoms with Gasteiger partial charge in [0.25, 0.3) is 0 Å². The van der Waals surface area contributed by atoms with E-state index in [1.165, 1.54) is 24.7 Å². The van der Waals surface area contributed by atoms with Gasteiger partial charge in [-0.05, 0) is 18.2 Å². The summed E-state index contributed by atoms with van der Waals surface area (Å²) in [4.78, 5) is 11.9. The van der Waals surface area contributed by atoms with Crippen LogP contribution in [0.4, 0.5) is 0 Å². The molecule has 1 heterocycles. The Balaban J connectivity index is 1.81. The molecular formula is C15H17NO5S. The van der Waals surface area contributed by atoms with E-state index < -0.39 is 21.8 Å². The lowest BCUT2D eigenvalue weighted by atomic mass is 10.2. The number of aliphatic hydroxyl groups is 1. The van der Waals surface area contributed by atoms with Gasteiger partial charge in [0.1, 0.15) is 0 Å². The van der Waals surface area contributed by atoms with Gasteiger partial charge in [-0.3, -0.25) is 4.79 Å². The standard InChI is InChI=1S/C15H17NO5S/c17-14(12-6-8-21-11-12)10-16-15(18)7-9-22(19,20)13-4-2-1-3-5-13/h1-6,8,11,14,17H,7,9-10H2,(H,16,18)/t14-/m0/s1. The molecule has 0 saturated heterocycles. The molecule has 0 fully saturated rings. The van der Waals surface area contributed by atoms with Gasteiger partial charge in [0, 0.05) is 18.5 Å². The summed E-state index contributed by atoms with van der Waals surface area (Å²) in [5.41, 5.74) is 0.553. The van der Waals surface area contributed by atoms with Crippen molar-refractivity contribution < 1.29 is 22.7 Å². The molecule has 0 spiro atoms. The van der Waals surface area contributed by atoms with Gasteiger partial charge in [0.15, 0.2) is 9.84 Å². The van der Waals surface area contributed by atoms with Gasteiger partial charge in [0.05, 0.1) is 29.3 Å². The van der Waals surface area contributed by atoms with Gasteiger partial charge in [-0.2, -0.15) is 0 Å². The summed E-state index contributed by atoms with van der Waals surface area (Å²) in [7, 11) is -3.48. The van der Waals surface area contributed by atoms with Crippen molar-refractivity contribution in [2.75, 3.05) is 12.3 Å². The van der Waals surface area contributed by atoms with Crippen molar-refractivity contribution in [2.24, 2.45) is 0 Å². The van der Waals surface area contributed by atoms with Crippen molar-refractivity contribution in [3.8, 4) is 0 Å². The van der Waals surface area contributed by atoms with Crippen LogP contribution in [0.15, 0.2) is 58.2 Å². The fourth-order valence-electron chi connectivity index (χ4n) is 1.85. The first-order valence-electron chi connectivity index (χ1n) is 6.74. The molecule has 1 aromatic heterocycles. The van der Waals surface area contributed by atoms with Crippen LogP contribution in [0.1, 0.15) is 18.1 Å². The zero-order valence-electron chi connectivity index (χ0n) is 11.8. The van der Waals surface area contributed by atoms with Crippen molar-refractivity contribution in [1.82, 2.24) is 5.32 Å². The highest BCUT2D eigenvalue weighted by atomic mass is 32.2. The summed E-state index contributed by atoms with van der Waals surface area (Å²) >= 11 is 0. The summed E-state index contributed by atoms with van der Waals surface area (Å²) < 4.78 is 28.9. The molecule has 2 aromatic rings. The second kappa shape index (κ2) is 7.24. The zero-order valence-corrected chi connectivity index (χ0v) is 12.6. The molecule has 0 aliphatic carbocycles. The van der Waals surface area contributed by atoms with E-state index >= 15 is 0 Å². The highest BCUT2D eigenvalue weighted by Gasteiger charge is 2.17. The largest absolute Gasteiger partial charge is 0.472 e. The highest BCUT2D eigenvalue weighted by molar-refractivity contribution is 7.91. The number of aliphatic hydroxyl groups excluding tert-OH is 1. The van der Waals surface area contributed by atoms with E-state index in [2.05, 4.69) is 5.32 Å². The maximum atomic E-state index is 12.0. The summed E-state index contributed by atoms with van der Waals surface area (Å²) in [6.07, 6.45) is 1.77. The van der Waals surface area contributed by atoms with Crippen LogP contribution in [0.5, 0.6) is 0 Å². The van der Waals surface area contributed by atoms with E-state index in [1.807, 2.05) is 0 Å². The van der Waals surface area contributed by atoms with Crippen LogP contribution >= 0.6 is 0 Å². The smallest absolute Gasteiger partial charge is 0.221 e. The average molecular weight is 323 g/mol. The lowest BCUT2D eigenvalue weighted by molar-refractivity contribution is -0.121. The van der Waals surface area contributed by atoms with Gasteiger partial charge < -0.3 is 14.8 Å². The van der Waals surface area contributed by atoms with Crippen LogP contribution in [-0.2, 0) is 14.6 Å². The highest BCUT2D eigenvalue weighted by Crippen LogP contribution is 2.13. The third kappa shape index (κ3) is 4.44. The molecule has 7 heteroatoms. The minimum Gasteiger partial charge on any atom is -0.472 e. The zero-order chi connectivity index (χ0) is 16.0. The number of nitrogens with one attached hydrogen (secondary N) is 1. The predicted molar refractivity (Wildman–Crippen MR) is 79.8 cm³/mol. The lowest BCUT2D eigenvalue weighted by Gasteiger charge is -2.10. The summed E-state index contributed by atoms with van der Waals surface area (Å²) in [5.74, 6) is -0.702. The lowest BCUT2D eigenvalue weighted by Crippen LogP contribution is -2.29. The maximum Gasteiger partial charge on any atom is 0.221 e. The van der Waals surface area contributed by atoms with E-state index in [0.717, 1.165) is 0 Å². The summed E-state index contributed by atoms with van der Waals surface area (Å²) in [5, 5.41) is 12.3. The number of carbonyl (C=O) groups excluding carboxylic acids is 1. The molecule has 0 unspecified atom stereocenters. The molecule has 1 aromatic carbocycles. The molecule has 22 heavy (non-hydrogen) atoms. The van der Waals surface area contributed by atoms with Crippen molar-refractivity contribution in [1.29, 1.82) is 0 Å². The molecule has 1 atom stereocenters. The maximum absolute atomic E-state index is 12.0. The van der Waals surface area contributed by atoms with Crippen LogP contribution < -0.4 is 5.32 Å². The van der Waals surface area contributed by atoms with Crippen molar-refractivity contribution in [3.63, 3.8) is 0 Å². The topological polar surface area (TPSA) is 96.6 Å². The van der Waals surface area contributed by atoms with Gasteiger partial charge in [-0.15, -0.1) is 0 Å². The number of sulfone groups is 1. The Morgan fingerprint density at radius 3 is 2.59 bits per heavy atom. The van der Waals surface area contributed by atoms with Crippen molar-refractivity contribution in [2.45, 2.75) is 17.4 Å². The molecule has 0 aliphatic rings. The second-order valence-corrected chi connectivity index (χ2v) is 6.87. The molecule has 0 radical (unpaired) electrons. The predicted octanol–water partition coefficient (Wildman–Crippen LogP) is 1.29. The van der Waals surface area contributed by atoms with E-state index in [1.54, 1.807) is 24.3 Å². The van der Waals surface area contributed by atoms with E-state index in [0.29, 0.717) is 5.56 Å². The fourth-order valence-corrected chi connectivity index (χ4v) is 3.12. The average Bonchev–Trinajstić information content (AvgIpc) is 3.06. The normalized spacial score (nSPS) is 12.8. The fraction of sp³-hybridized carbons (Fsp3) is 0.267. The molecule has 2 N–H and O–H groups in total. The number of rotatable bonds is 7. The van der Waals surface area contributed by atoms with Gasteiger partial charge >= 0.3 is 0 Å². The first-order valence-corrected chi connectivity index (χ1v) is 8.39. The third-order valence-corrected chi connectivity index (χ3v) is 4.85. The molecule has 118 valence electrons. The Labute approximate surface area is 128 Å². The van der Waals surface area contributed by atoms with Gasteiger partial charge in [-0.1, -0.05) is 18.2 Å². The van der Waals surface area contributed by atoms with Crippen LogP contribution in [-0.4, -0.2) is 31.7 Å². The van der Waals surface area contributed by atoms with Crippen LogP contribution in [0.3, 0.4) is 0 Å². The minimum atomic E-state index is -3.48. The second-order valence-electron chi connectivity index (χ2n) is 4.76. The Kier molecular flexibility index (Phi) is 5.35. The molecule has 1 amide bonds. The Morgan fingerprint density at radius 2 is 1.95 bits per heavy atom. The molecular weight excluding hydrogens is 306 g/mol. The molecule has 0 bridgehead atoms. The van der Waals surface area contributed by atoms with Crippen LogP contribution in [0.25, 0.3) is 0 Å². The number of hydrogen-bond donors (Lipinski definition) is 2. The number of hydrogen-bond acceptors (Lipinski definition) is 5. The van der Waals surface area contributed by atoms with Crippen LogP contribution in [0, 0.1) is 0 Å². The van der Waals surface area contributed by atoms with Gasteiger partial charge in [0.2, 0.25) is 5.91 Å². The first kappa shape index (κ1) is 16.3.